The highest BCUT2D eigenvalue weighted by atomic mass is 32.2. The lowest BCUT2D eigenvalue weighted by molar-refractivity contribution is -0.117. The van der Waals surface area contributed by atoms with E-state index in [1.807, 2.05) is 13.8 Å². The van der Waals surface area contributed by atoms with Gasteiger partial charge in [-0.25, -0.2) is 12.8 Å². The van der Waals surface area contributed by atoms with Gasteiger partial charge in [0.05, 0.1) is 18.1 Å². The third kappa shape index (κ3) is 6.16. The fourth-order valence-electron chi connectivity index (χ4n) is 2.55. The largest absolute Gasteiger partial charge is 0.490 e. The molecule has 0 saturated carbocycles. The Balaban J connectivity index is 2.15. The minimum atomic E-state index is -3.98. The summed E-state index contributed by atoms with van der Waals surface area (Å²) in [6, 6.07) is 8.31. The van der Waals surface area contributed by atoms with Crippen LogP contribution in [-0.2, 0) is 14.8 Å². The molecule has 0 aliphatic rings. The molecule has 0 spiro atoms. The molecule has 0 saturated heterocycles. The molecule has 0 bridgehead atoms. The summed E-state index contributed by atoms with van der Waals surface area (Å²) < 4.78 is 51.4. The SMILES string of the molecule is CCOc1ccc(NC(=O)C(CC)NS(=O)(=O)c2ccc(F)cc2)cc1OCC. The van der Waals surface area contributed by atoms with Crippen molar-refractivity contribution in [3.8, 4) is 11.5 Å². The number of anilines is 1. The average molecular weight is 424 g/mol. The molecular weight excluding hydrogens is 399 g/mol. The quantitative estimate of drug-likeness (QED) is 0.610. The van der Waals surface area contributed by atoms with Crippen LogP contribution in [0.3, 0.4) is 0 Å². The Morgan fingerprint density at radius 3 is 2.21 bits per heavy atom. The van der Waals surface area contributed by atoms with Crippen molar-refractivity contribution in [1.82, 2.24) is 4.72 Å². The second-order valence-electron chi connectivity index (χ2n) is 6.05. The summed E-state index contributed by atoms with van der Waals surface area (Å²) in [5.74, 6) is -0.0392. The Hall–Kier alpha value is -2.65. The van der Waals surface area contributed by atoms with Crippen LogP contribution in [0.5, 0.6) is 11.5 Å². The first-order valence-electron chi connectivity index (χ1n) is 9.29. The average Bonchev–Trinajstić information content (AvgIpc) is 2.68. The molecule has 2 rings (SSSR count). The Labute approximate surface area is 170 Å². The Morgan fingerprint density at radius 2 is 1.62 bits per heavy atom. The number of sulfonamides is 1. The number of amides is 1. The van der Waals surface area contributed by atoms with E-state index in [0.29, 0.717) is 30.4 Å². The number of hydrogen-bond donors (Lipinski definition) is 2. The van der Waals surface area contributed by atoms with Gasteiger partial charge in [-0.1, -0.05) is 6.92 Å². The van der Waals surface area contributed by atoms with Crippen LogP contribution in [0.1, 0.15) is 27.2 Å². The van der Waals surface area contributed by atoms with E-state index in [0.717, 1.165) is 24.3 Å². The van der Waals surface area contributed by atoms with Crippen molar-refractivity contribution in [2.75, 3.05) is 18.5 Å². The van der Waals surface area contributed by atoms with Crippen LogP contribution in [0.4, 0.5) is 10.1 Å². The number of halogens is 1. The molecule has 0 aliphatic heterocycles. The van der Waals surface area contributed by atoms with Crippen molar-refractivity contribution in [2.45, 2.75) is 38.1 Å². The smallest absolute Gasteiger partial charge is 0.242 e. The minimum Gasteiger partial charge on any atom is -0.490 e. The highest BCUT2D eigenvalue weighted by molar-refractivity contribution is 7.89. The van der Waals surface area contributed by atoms with E-state index in [1.165, 1.54) is 0 Å². The zero-order chi connectivity index (χ0) is 21.4. The molecule has 1 unspecified atom stereocenters. The Morgan fingerprint density at radius 1 is 1.00 bits per heavy atom. The second-order valence-corrected chi connectivity index (χ2v) is 7.77. The first kappa shape index (κ1) is 22.6. The second kappa shape index (κ2) is 10.2. The van der Waals surface area contributed by atoms with E-state index in [2.05, 4.69) is 10.0 Å². The van der Waals surface area contributed by atoms with E-state index < -0.39 is 27.8 Å². The molecule has 158 valence electrons. The number of carbonyl (C=O) groups is 1. The van der Waals surface area contributed by atoms with Gasteiger partial charge in [0.15, 0.2) is 11.5 Å². The molecule has 1 atom stereocenters. The third-order valence-corrected chi connectivity index (χ3v) is 5.44. The molecule has 7 nitrogen and oxygen atoms in total. The van der Waals surface area contributed by atoms with E-state index >= 15 is 0 Å². The van der Waals surface area contributed by atoms with Gasteiger partial charge in [0.25, 0.3) is 0 Å². The van der Waals surface area contributed by atoms with Gasteiger partial charge < -0.3 is 14.8 Å². The molecule has 0 aromatic heterocycles. The summed E-state index contributed by atoms with van der Waals surface area (Å²) in [6.45, 7) is 6.26. The summed E-state index contributed by atoms with van der Waals surface area (Å²) in [4.78, 5) is 12.5. The van der Waals surface area contributed by atoms with Crippen LogP contribution >= 0.6 is 0 Å². The standard InChI is InChI=1S/C20H25FN2O5S/c1-4-17(23-29(25,26)16-10-7-14(21)8-11-16)20(24)22-15-9-12-18(27-5-2)19(13-15)28-6-3/h7-13,17,23H,4-6H2,1-3H3,(H,22,24). The molecule has 29 heavy (non-hydrogen) atoms. The first-order chi connectivity index (χ1) is 13.8. The zero-order valence-corrected chi connectivity index (χ0v) is 17.4. The summed E-state index contributed by atoms with van der Waals surface area (Å²) >= 11 is 0. The lowest BCUT2D eigenvalue weighted by Gasteiger charge is -2.18. The summed E-state index contributed by atoms with van der Waals surface area (Å²) in [7, 11) is -3.98. The summed E-state index contributed by atoms with van der Waals surface area (Å²) in [5, 5.41) is 2.68. The first-order valence-corrected chi connectivity index (χ1v) is 10.8. The van der Waals surface area contributed by atoms with Gasteiger partial charge in [-0.05, 0) is 56.7 Å². The molecule has 9 heteroatoms. The van der Waals surface area contributed by atoms with E-state index in [9.17, 15) is 17.6 Å². The predicted octanol–water partition coefficient (Wildman–Crippen LogP) is 3.32. The van der Waals surface area contributed by atoms with Gasteiger partial charge in [-0.3, -0.25) is 4.79 Å². The maximum atomic E-state index is 13.0. The van der Waals surface area contributed by atoms with Crippen molar-refractivity contribution >= 4 is 21.6 Å². The Kier molecular flexibility index (Phi) is 7.98. The van der Waals surface area contributed by atoms with Gasteiger partial charge in [0.1, 0.15) is 11.9 Å². The van der Waals surface area contributed by atoms with Crippen molar-refractivity contribution in [3.05, 3.63) is 48.3 Å². The maximum Gasteiger partial charge on any atom is 0.242 e. The van der Waals surface area contributed by atoms with Crippen molar-refractivity contribution in [1.29, 1.82) is 0 Å². The van der Waals surface area contributed by atoms with Crippen LogP contribution in [0.25, 0.3) is 0 Å². The number of nitrogens with one attached hydrogen (secondary N) is 2. The van der Waals surface area contributed by atoms with Crippen LogP contribution < -0.4 is 19.5 Å². The number of ether oxygens (including phenoxy) is 2. The molecule has 2 N–H and O–H groups in total. The highest BCUT2D eigenvalue weighted by Gasteiger charge is 2.24. The number of benzene rings is 2. The van der Waals surface area contributed by atoms with Crippen molar-refractivity contribution in [3.63, 3.8) is 0 Å². The van der Waals surface area contributed by atoms with Gasteiger partial charge in [-0.2, -0.15) is 4.72 Å². The number of hydrogen-bond acceptors (Lipinski definition) is 5. The van der Waals surface area contributed by atoms with E-state index in [4.69, 9.17) is 9.47 Å². The number of carbonyl (C=O) groups excluding carboxylic acids is 1. The zero-order valence-electron chi connectivity index (χ0n) is 16.6. The maximum absolute atomic E-state index is 13.0. The van der Waals surface area contributed by atoms with Crippen molar-refractivity contribution in [2.24, 2.45) is 0 Å². The topological polar surface area (TPSA) is 93.7 Å². The normalized spacial score (nSPS) is 12.3. The molecular formula is C20H25FN2O5S. The van der Waals surface area contributed by atoms with E-state index in [-0.39, 0.29) is 11.3 Å². The fraction of sp³-hybridized carbons (Fsp3) is 0.350. The van der Waals surface area contributed by atoms with Gasteiger partial charge in [0, 0.05) is 11.8 Å². The van der Waals surface area contributed by atoms with Gasteiger partial charge >= 0.3 is 0 Å². The lowest BCUT2D eigenvalue weighted by atomic mass is 10.2. The Bertz CT molecular complexity index is 932. The lowest BCUT2D eigenvalue weighted by Crippen LogP contribution is -2.43. The molecule has 0 fully saturated rings. The fourth-order valence-corrected chi connectivity index (χ4v) is 3.83. The minimum absolute atomic E-state index is 0.121. The molecule has 2 aromatic rings. The molecule has 0 aliphatic carbocycles. The molecule has 0 radical (unpaired) electrons. The molecule has 1 amide bonds. The number of rotatable bonds is 10. The van der Waals surface area contributed by atoms with Crippen LogP contribution in [0.15, 0.2) is 47.4 Å². The molecule has 0 heterocycles. The van der Waals surface area contributed by atoms with Crippen molar-refractivity contribution < 1.29 is 27.1 Å². The van der Waals surface area contributed by atoms with Gasteiger partial charge in [-0.15, -0.1) is 0 Å². The monoisotopic (exact) mass is 424 g/mol. The van der Waals surface area contributed by atoms with E-state index in [1.54, 1.807) is 25.1 Å². The van der Waals surface area contributed by atoms with Crippen LogP contribution in [0, 0.1) is 5.82 Å². The molecule has 2 aromatic carbocycles. The highest BCUT2D eigenvalue weighted by Crippen LogP contribution is 2.30. The van der Waals surface area contributed by atoms with Crippen LogP contribution in [0.2, 0.25) is 0 Å². The third-order valence-electron chi connectivity index (χ3n) is 3.96. The summed E-state index contributed by atoms with van der Waals surface area (Å²) in [6.07, 6.45) is 0.224. The predicted molar refractivity (Wildman–Crippen MR) is 108 cm³/mol. The van der Waals surface area contributed by atoms with Crippen LogP contribution in [-0.4, -0.2) is 33.6 Å². The summed E-state index contributed by atoms with van der Waals surface area (Å²) in [5.41, 5.74) is 0.446. The van der Waals surface area contributed by atoms with Gasteiger partial charge in [0.2, 0.25) is 15.9 Å².